The van der Waals surface area contributed by atoms with Crippen LogP contribution in [0.5, 0.6) is 0 Å². The summed E-state index contributed by atoms with van der Waals surface area (Å²) in [5, 5.41) is 14.9. The standard InChI is InChI=1S/C18H23N5/c19-12-22-17(23-16-1-3-20-4-2-16)21-11-18-8-13-5-14(9-18)7-15(6-13)10-18/h1-4,13-15H,5-11H2,(H2,20,21,22,23). The summed E-state index contributed by atoms with van der Waals surface area (Å²) in [6, 6.07) is 3.75. The molecule has 120 valence electrons. The van der Waals surface area contributed by atoms with Crippen molar-refractivity contribution in [1.82, 2.24) is 10.3 Å². The predicted octanol–water partition coefficient (Wildman–Crippen LogP) is 3.14. The second-order valence-corrected chi connectivity index (χ2v) is 7.68. The van der Waals surface area contributed by atoms with Gasteiger partial charge in [-0.15, -0.1) is 0 Å². The van der Waals surface area contributed by atoms with Crippen LogP contribution >= 0.6 is 0 Å². The van der Waals surface area contributed by atoms with Crippen molar-refractivity contribution in [3.63, 3.8) is 0 Å². The molecule has 1 aromatic heterocycles. The summed E-state index contributed by atoms with van der Waals surface area (Å²) in [4.78, 5) is 8.76. The zero-order valence-electron chi connectivity index (χ0n) is 13.3. The Morgan fingerprint density at radius 3 is 2.35 bits per heavy atom. The van der Waals surface area contributed by atoms with Crippen LogP contribution in [0.4, 0.5) is 5.69 Å². The third-order valence-corrected chi connectivity index (χ3v) is 5.86. The molecule has 0 radical (unpaired) electrons. The van der Waals surface area contributed by atoms with Gasteiger partial charge in [0.25, 0.3) is 0 Å². The Bertz CT molecular complexity index is 595. The van der Waals surface area contributed by atoms with E-state index >= 15 is 0 Å². The molecule has 5 rings (SSSR count). The Hall–Kier alpha value is -2.09. The maximum Gasteiger partial charge on any atom is 0.209 e. The summed E-state index contributed by atoms with van der Waals surface area (Å²) in [6.45, 7) is 0.832. The summed E-state index contributed by atoms with van der Waals surface area (Å²) in [5.41, 5.74) is 1.28. The molecule has 4 fully saturated rings. The van der Waals surface area contributed by atoms with Crippen LogP contribution in [0.15, 0.2) is 29.5 Å². The van der Waals surface area contributed by atoms with E-state index in [0.29, 0.717) is 11.4 Å². The van der Waals surface area contributed by atoms with Crippen molar-refractivity contribution < 1.29 is 0 Å². The lowest BCUT2D eigenvalue weighted by atomic mass is 9.49. The fourth-order valence-corrected chi connectivity index (χ4v) is 5.47. The van der Waals surface area contributed by atoms with E-state index < -0.39 is 0 Å². The Morgan fingerprint density at radius 1 is 1.17 bits per heavy atom. The zero-order chi connectivity index (χ0) is 15.7. The average molecular weight is 309 g/mol. The van der Waals surface area contributed by atoms with Gasteiger partial charge < -0.3 is 5.32 Å². The second-order valence-electron chi connectivity index (χ2n) is 7.68. The smallest absolute Gasteiger partial charge is 0.209 e. The van der Waals surface area contributed by atoms with E-state index in [0.717, 1.165) is 30.0 Å². The lowest BCUT2D eigenvalue weighted by Crippen LogP contribution is -2.47. The van der Waals surface area contributed by atoms with Crippen molar-refractivity contribution >= 4 is 11.6 Å². The molecule has 4 bridgehead atoms. The van der Waals surface area contributed by atoms with Gasteiger partial charge in [-0.3, -0.25) is 15.3 Å². The SMILES string of the molecule is N#CNC(=NCC12CC3CC(CC(C3)C1)C2)Nc1ccncc1. The minimum absolute atomic E-state index is 0.386. The van der Waals surface area contributed by atoms with E-state index in [4.69, 9.17) is 10.3 Å². The topological polar surface area (TPSA) is 73.1 Å². The Balaban J connectivity index is 1.48. The predicted molar refractivity (Wildman–Crippen MR) is 89.5 cm³/mol. The van der Waals surface area contributed by atoms with Gasteiger partial charge in [0.15, 0.2) is 6.19 Å². The monoisotopic (exact) mass is 309 g/mol. The highest BCUT2D eigenvalue weighted by atomic mass is 15.2. The molecular formula is C18H23N5. The number of aromatic nitrogens is 1. The second kappa shape index (κ2) is 5.84. The molecule has 0 spiro atoms. The van der Waals surface area contributed by atoms with Gasteiger partial charge in [0.1, 0.15) is 0 Å². The van der Waals surface area contributed by atoms with Crippen LogP contribution < -0.4 is 10.6 Å². The van der Waals surface area contributed by atoms with Crippen LogP contribution in [-0.2, 0) is 0 Å². The highest BCUT2D eigenvalue weighted by Gasteiger charge is 2.50. The summed E-state index contributed by atoms with van der Waals surface area (Å²) < 4.78 is 0. The molecule has 0 amide bonds. The number of nitriles is 1. The Labute approximate surface area is 137 Å². The molecule has 4 aliphatic rings. The quantitative estimate of drug-likeness (QED) is 0.389. The van der Waals surface area contributed by atoms with Crippen LogP contribution in [0.1, 0.15) is 38.5 Å². The molecule has 0 aromatic carbocycles. The van der Waals surface area contributed by atoms with Gasteiger partial charge in [0.05, 0.1) is 0 Å². The highest BCUT2D eigenvalue weighted by molar-refractivity contribution is 5.94. The number of pyridine rings is 1. The maximum atomic E-state index is 8.98. The van der Waals surface area contributed by atoms with Crippen LogP contribution in [0.3, 0.4) is 0 Å². The summed E-state index contributed by atoms with van der Waals surface area (Å²) in [5.74, 6) is 3.33. The number of nitrogens with one attached hydrogen (secondary N) is 2. The van der Waals surface area contributed by atoms with E-state index in [-0.39, 0.29) is 0 Å². The third-order valence-electron chi connectivity index (χ3n) is 5.86. The molecule has 0 atom stereocenters. The van der Waals surface area contributed by atoms with Gasteiger partial charge in [0.2, 0.25) is 5.96 Å². The Morgan fingerprint density at radius 2 is 1.78 bits per heavy atom. The molecule has 4 aliphatic carbocycles. The number of hydrogen-bond donors (Lipinski definition) is 2. The van der Waals surface area contributed by atoms with Crippen LogP contribution in [0, 0.1) is 34.6 Å². The highest BCUT2D eigenvalue weighted by Crippen LogP contribution is 2.60. The van der Waals surface area contributed by atoms with Crippen molar-refractivity contribution in [1.29, 1.82) is 5.26 Å². The molecule has 2 N–H and O–H groups in total. The number of guanidine groups is 1. The van der Waals surface area contributed by atoms with Gasteiger partial charge in [-0.25, -0.2) is 0 Å². The van der Waals surface area contributed by atoms with Crippen molar-refractivity contribution in [2.45, 2.75) is 38.5 Å². The number of aliphatic imine (C=N–C) groups is 1. The number of nitrogens with zero attached hydrogens (tertiary/aromatic N) is 3. The van der Waals surface area contributed by atoms with Crippen LogP contribution in [-0.4, -0.2) is 17.5 Å². The Kier molecular flexibility index (Phi) is 3.68. The van der Waals surface area contributed by atoms with Gasteiger partial charge in [-0.1, -0.05) is 0 Å². The molecule has 5 heteroatoms. The first-order chi connectivity index (χ1) is 11.2. The molecule has 0 aliphatic heterocycles. The number of rotatable bonds is 3. The van der Waals surface area contributed by atoms with E-state index in [1.165, 1.54) is 38.5 Å². The summed E-state index contributed by atoms with van der Waals surface area (Å²) >= 11 is 0. The molecule has 0 unspecified atom stereocenters. The first-order valence-corrected chi connectivity index (χ1v) is 8.61. The molecule has 23 heavy (non-hydrogen) atoms. The molecule has 1 heterocycles. The minimum Gasteiger partial charge on any atom is -0.325 e. The normalized spacial score (nSPS) is 34.9. The van der Waals surface area contributed by atoms with E-state index in [2.05, 4.69) is 15.6 Å². The summed E-state index contributed by atoms with van der Waals surface area (Å²) in [7, 11) is 0. The van der Waals surface area contributed by atoms with Gasteiger partial charge in [-0.05, 0) is 73.8 Å². The number of anilines is 1. The average Bonchev–Trinajstić information content (AvgIpc) is 2.53. The lowest BCUT2D eigenvalue weighted by molar-refractivity contribution is -0.0465. The largest absolute Gasteiger partial charge is 0.325 e. The van der Waals surface area contributed by atoms with Crippen LogP contribution in [0.25, 0.3) is 0 Å². The lowest BCUT2D eigenvalue weighted by Gasteiger charge is -2.56. The van der Waals surface area contributed by atoms with Crippen molar-refractivity contribution in [3.05, 3.63) is 24.5 Å². The van der Waals surface area contributed by atoms with Crippen LogP contribution in [0.2, 0.25) is 0 Å². The molecular weight excluding hydrogens is 286 g/mol. The first-order valence-electron chi connectivity index (χ1n) is 8.61. The first kappa shape index (κ1) is 14.5. The molecule has 5 nitrogen and oxygen atoms in total. The number of hydrogen-bond acceptors (Lipinski definition) is 3. The van der Waals surface area contributed by atoms with Crippen molar-refractivity contribution in [2.24, 2.45) is 28.2 Å². The third kappa shape index (κ3) is 3.03. The van der Waals surface area contributed by atoms with E-state index in [9.17, 15) is 0 Å². The maximum absolute atomic E-state index is 8.98. The minimum atomic E-state index is 0.386. The van der Waals surface area contributed by atoms with E-state index in [1.54, 1.807) is 12.4 Å². The molecule has 1 aromatic rings. The molecule has 4 saturated carbocycles. The van der Waals surface area contributed by atoms with Crippen molar-refractivity contribution in [3.8, 4) is 6.19 Å². The van der Waals surface area contributed by atoms with Gasteiger partial charge in [-0.2, -0.15) is 5.26 Å². The fourth-order valence-electron chi connectivity index (χ4n) is 5.47. The van der Waals surface area contributed by atoms with Gasteiger partial charge >= 0.3 is 0 Å². The summed E-state index contributed by atoms with van der Waals surface area (Å²) in [6.07, 6.45) is 13.8. The molecule has 0 saturated heterocycles. The fraction of sp³-hybridized carbons (Fsp3) is 0.611. The zero-order valence-corrected chi connectivity index (χ0v) is 13.3. The van der Waals surface area contributed by atoms with Gasteiger partial charge in [0, 0.05) is 24.6 Å². The van der Waals surface area contributed by atoms with Crippen molar-refractivity contribution in [2.75, 3.05) is 11.9 Å². The van der Waals surface area contributed by atoms with E-state index in [1.807, 2.05) is 18.3 Å².